The van der Waals surface area contributed by atoms with Crippen LogP contribution in [-0.4, -0.2) is 29.1 Å². The Morgan fingerprint density at radius 2 is 1.75 bits per heavy atom. The minimum absolute atomic E-state index is 0. The minimum Gasteiger partial charge on any atom is -0.248 e. The van der Waals surface area contributed by atoms with Crippen LogP contribution < -0.4 is 0 Å². The van der Waals surface area contributed by atoms with Crippen LogP contribution in [0.15, 0.2) is 0 Å². The smallest absolute Gasteiger partial charge is 0.0554 e. The summed E-state index contributed by atoms with van der Waals surface area (Å²) in [6, 6.07) is 0. The fraction of sp³-hybridized carbons (Fsp3) is 0. The Bertz CT molecular complexity index is 29.0. The molecule has 3 heteroatoms. The maximum absolute atomic E-state index is 5.77. The van der Waals surface area contributed by atoms with E-state index in [0.717, 1.165) is 0 Å². The van der Waals surface area contributed by atoms with Gasteiger partial charge in [0, 0.05) is 23.9 Å². The molecule has 1 nitrogen and oxygen atoms in total. The van der Waals surface area contributed by atoms with Crippen LogP contribution >= 0.6 is 12.2 Å². The van der Waals surface area contributed by atoms with E-state index in [9.17, 15) is 0 Å². The van der Waals surface area contributed by atoms with E-state index < -0.39 is 0 Å². The van der Waals surface area contributed by atoms with Gasteiger partial charge < -0.3 is 0 Å². The summed E-state index contributed by atoms with van der Waals surface area (Å²) in [7, 11) is 0. The maximum Gasteiger partial charge on any atom is 0.0554 e. The van der Waals surface area contributed by atoms with Gasteiger partial charge in [-0.05, 0) is 12.2 Å². The summed E-state index contributed by atoms with van der Waals surface area (Å²) in [6.45, 7) is 0. The first-order valence-electron chi connectivity index (χ1n) is 0.454. The molecule has 0 fully saturated rings. The van der Waals surface area contributed by atoms with E-state index >= 15 is 0 Å². The zero-order valence-electron chi connectivity index (χ0n) is 1.91. The predicted octanol–water partition coefficient (Wildman–Crippen LogP) is 0.287. The largest absolute Gasteiger partial charge is 0.248 e. The maximum atomic E-state index is 5.77. The molecule has 0 saturated carbocycles. The average molecular weight is 178 g/mol. The molecule has 0 bridgehead atoms. The minimum atomic E-state index is 0. The predicted molar refractivity (Wildman–Crippen MR) is 21.1 cm³/mol. The average Bonchev–Trinajstić information content (AvgIpc) is 0.918. The van der Waals surface area contributed by atoms with E-state index in [4.69, 9.17) is 5.41 Å². The van der Waals surface area contributed by atoms with Crippen molar-refractivity contribution in [2.75, 3.05) is 0 Å². The molecule has 4 heavy (non-hydrogen) atoms. The molecule has 1 N–H and O–H groups in total. The third-order valence-corrected chi connectivity index (χ3v) is 0. The van der Waals surface area contributed by atoms with Gasteiger partial charge in [-0.3, -0.25) is 0 Å². The van der Waals surface area contributed by atoms with E-state index in [1.54, 1.807) is 5.16 Å². The number of rotatable bonds is 0. The fourth-order valence-corrected chi connectivity index (χ4v) is 0. The summed E-state index contributed by atoms with van der Waals surface area (Å²) >= 11 is 3.81. The van der Waals surface area contributed by atoms with Gasteiger partial charge in [-0.25, -0.2) is 5.41 Å². The van der Waals surface area contributed by atoms with E-state index in [-0.39, 0.29) is 23.9 Å². The molecule has 0 unspecified atom stereocenters. The van der Waals surface area contributed by atoms with E-state index in [1.807, 2.05) is 0 Å². The van der Waals surface area contributed by atoms with Crippen molar-refractivity contribution < 1.29 is 0 Å². The molecule has 0 atom stereocenters. The van der Waals surface area contributed by atoms with Gasteiger partial charge in [-0.15, -0.1) is 0 Å². The molecule has 0 spiro atoms. The van der Waals surface area contributed by atoms with Crippen LogP contribution in [-0.2, 0) is 0 Å². The van der Waals surface area contributed by atoms with Gasteiger partial charge in [0.1, 0.15) is 0 Å². The van der Waals surface area contributed by atoms with Crippen LogP contribution in [0.5, 0.6) is 0 Å². The Labute approximate surface area is 46.9 Å². The monoisotopic (exact) mass is 179 g/mol. The molecule has 0 aliphatic heterocycles. The van der Waals surface area contributed by atoms with Gasteiger partial charge >= 0.3 is 0 Å². The second-order valence-corrected chi connectivity index (χ2v) is 0.306. The Hall–Kier alpha value is 0.599. The van der Waals surface area contributed by atoms with Crippen LogP contribution in [0.25, 0.3) is 0 Å². The number of nitrogens with one attached hydrogen (secondary N) is 1. The third-order valence-electron chi connectivity index (χ3n) is 0. The van der Waals surface area contributed by atoms with E-state index in [0.29, 0.717) is 0 Å². The molecule has 0 aliphatic rings. The number of isothiocyanates is 1. The molecular weight excluding hydrogens is 177 g/mol. The Balaban J connectivity index is 0. The van der Waals surface area contributed by atoms with Gasteiger partial charge in [0.25, 0.3) is 0 Å². The van der Waals surface area contributed by atoms with Crippen molar-refractivity contribution in [2.24, 2.45) is 0 Å². The molecule has 0 aromatic rings. The van der Waals surface area contributed by atoms with Crippen molar-refractivity contribution in [2.45, 2.75) is 0 Å². The Morgan fingerprint density at radius 3 is 1.75 bits per heavy atom. The second kappa shape index (κ2) is 9.51. The van der Waals surface area contributed by atoms with Gasteiger partial charge in [-0.1, -0.05) is 0 Å². The molecule has 4 radical (unpaired) electrons. The van der Waals surface area contributed by atoms with Gasteiger partial charge in [0.05, 0.1) is 5.16 Å². The van der Waals surface area contributed by atoms with Crippen LogP contribution in [0.1, 0.15) is 0 Å². The van der Waals surface area contributed by atoms with Crippen molar-refractivity contribution >= 4 is 41.3 Å². The Kier molecular flexibility index (Phi) is 21.0. The summed E-state index contributed by atoms with van der Waals surface area (Å²) < 4.78 is 0. The molecule has 0 aromatic heterocycles. The van der Waals surface area contributed by atoms with Crippen molar-refractivity contribution in [3.63, 3.8) is 0 Å². The topological polar surface area (TPSA) is 23.9 Å². The second-order valence-electron chi connectivity index (χ2n) is 0.102. The molecule has 0 heterocycles. The van der Waals surface area contributed by atoms with Crippen molar-refractivity contribution in [3.8, 4) is 0 Å². The van der Waals surface area contributed by atoms with Crippen molar-refractivity contribution in [3.05, 3.63) is 0 Å². The normalized spacial score (nSPS) is 2.00. The fourth-order valence-electron chi connectivity index (χ4n) is 0. The zero-order valence-corrected chi connectivity index (χ0v) is 5.58. The molecular formula is CHNSSn. The first kappa shape index (κ1) is 8.82. The van der Waals surface area contributed by atoms with Crippen molar-refractivity contribution in [1.29, 1.82) is 5.41 Å². The van der Waals surface area contributed by atoms with E-state index in [1.165, 1.54) is 0 Å². The first-order chi connectivity index (χ1) is 1.41. The summed E-state index contributed by atoms with van der Waals surface area (Å²) in [5.41, 5.74) is 0. The molecule has 0 amide bonds. The molecule has 20 valence electrons. The Morgan fingerprint density at radius 1 is 1.75 bits per heavy atom. The quantitative estimate of drug-likeness (QED) is 0.321. The molecule has 0 aliphatic carbocycles. The molecule has 0 aromatic carbocycles. The number of hydrogen-bond acceptors (Lipinski definition) is 2. The number of thiocarbonyl (C=S) groups is 1. The summed E-state index contributed by atoms with van der Waals surface area (Å²) in [6.07, 6.45) is 0. The standard InChI is InChI=1S/CHNS.Sn/c2-1-3;/h2H;. The van der Waals surface area contributed by atoms with Gasteiger partial charge in [0.15, 0.2) is 0 Å². The third kappa shape index (κ3) is 18.5. The van der Waals surface area contributed by atoms with E-state index in [2.05, 4.69) is 12.2 Å². The molecule has 0 saturated heterocycles. The zero-order chi connectivity index (χ0) is 2.71. The van der Waals surface area contributed by atoms with Crippen LogP contribution in [0, 0.1) is 5.41 Å². The molecule has 0 rings (SSSR count). The summed E-state index contributed by atoms with van der Waals surface area (Å²) in [5.74, 6) is 0. The van der Waals surface area contributed by atoms with Crippen molar-refractivity contribution in [1.82, 2.24) is 0 Å². The van der Waals surface area contributed by atoms with Crippen LogP contribution in [0.4, 0.5) is 0 Å². The summed E-state index contributed by atoms with van der Waals surface area (Å²) in [5, 5.41) is 7.36. The van der Waals surface area contributed by atoms with Gasteiger partial charge in [0.2, 0.25) is 0 Å². The van der Waals surface area contributed by atoms with Gasteiger partial charge in [-0.2, -0.15) is 0 Å². The van der Waals surface area contributed by atoms with Crippen LogP contribution in [0.2, 0.25) is 0 Å². The van der Waals surface area contributed by atoms with Crippen LogP contribution in [0.3, 0.4) is 0 Å². The summed E-state index contributed by atoms with van der Waals surface area (Å²) in [4.78, 5) is 0. The SMILES string of the molecule is N=C=S.[Sn]. The number of hydrogen-bond donors (Lipinski definition) is 1. The first-order valence-corrected chi connectivity index (χ1v) is 0.862.